The molecule has 4 rings (SSSR count). The second-order valence-electron chi connectivity index (χ2n) is 6.24. The van der Waals surface area contributed by atoms with Gasteiger partial charge in [0, 0.05) is 11.4 Å². The fraction of sp³-hybridized carbons (Fsp3) is 0.100. The molecule has 0 fully saturated rings. The summed E-state index contributed by atoms with van der Waals surface area (Å²) in [5.74, 6) is 1.15. The highest BCUT2D eigenvalue weighted by molar-refractivity contribution is 5.73. The van der Waals surface area contributed by atoms with Crippen LogP contribution < -0.4 is 21.3 Å². The lowest BCUT2D eigenvalue weighted by Crippen LogP contribution is -2.20. The molecule has 0 bridgehead atoms. The Morgan fingerprint density at radius 3 is 2.57 bits per heavy atom. The van der Waals surface area contributed by atoms with E-state index in [2.05, 4.69) is 20.3 Å². The zero-order valence-corrected chi connectivity index (χ0v) is 15.4. The van der Waals surface area contributed by atoms with Crippen LogP contribution in [0.25, 0.3) is 16.9 Å². The highest BCUT2D eigenvalue weighted by atomic mass is 16.5. The molecular weight excluding hydrogens is 356 g/mol. The van der Waals surface area contributed by atoms with Crippen molar-refractivity contribution >= 4 is 28.5 Å². The van der Waals surface area contributed by atoms with Gasteiger partial charge in [0.1, 0.15) is 11.3 Å². The minimum absolute atomic E-state index is 0.290. The van der Waals surface area contributed by atoms with Crippen LogP contribution >= 0.6 is 0 Å². The van der Waals surface area contributed by atoms with Gasteiger partial charge in [-0.1, -0.05) is 0 Å². The largest absolute Gasteiger partial charge is 0.496 e. The molecule has 2 heterocycles. The number of aryl methyl sites for hydroxylation is 1. The zero-order chi connectivity index (χ0) is 19.7. The molecule has 0 aliphatic rings. The maximum Gasteiger partial charge on any atom is 0.275 e. The van der Waals surface area contributed by atoms with Crippen molar-refractivity contribution in [1.29, 1.82) is 0 Å². The number of fused-ring (bicyclic) bond motifs is 1. The van der Waals surface area contributed by atoms with Crippen LogP contribution in [-0.4, -0.2) is 26.6 Å². The van der Waals surface area contributed by atoms with E-state index in [0.29, 0.717) is 28.5 Å². The lowest BCUT2D eigenvalue weighted by atomic mass is 10.2. The summed E-state index contributed by atoms with van der Waals surface area (Å²) in [5, 5.41) is 3.15. The summed E-state index contributed by atoms with van der Waals surface area (Å²) in [4.78, 5) is 25.4. The molecule has 8 nitrogen and oxygen atoms in total. The maximum absolute atomic E-state index is 12.5. The Hall–Kier alpha value is -3.94. The molecule has 2 aromatic heterocycles. The van der Waals surface area contributed by atoms with Gasteiger partial charge >= 0.3 is 0 Å². The highest BCUT2D eigenvalue weighted by Crippen LogP contribution is 2.23. The number of ether oxygens (including phenoxy) is 1. The number of rotatable bonds is 4. The summed E-state index contributed by atoms with van der Waals surface area (Å²) in [6.45, 7) is 1.95. The number of hydrogen-bond acceptors (Lipinski definition) is 7. The molecule has 140 valence electrons. The molecule has 2 aromatic carbocycles. The van der Waals surface area contributed by atoms with Crippen molar-refractivity contribution < 1.29 is 4.74 Å². The van der Waals surface area contributed by atoms with Gasteiger partial charge in [-0.05, 0) is 55.0 Å². The van der Waals surface area contributed by atoms with Gasteiger partial charge in [-0.25, -0.2) is 9.97 Å². The van der Waals surface area contributed by atoms with Crippen LogP contribution in [0.4, 0.5) is 17.3 Å². The van der Waals surface area contributed by atoms with Gasteiger partial charge in [0.15, 0.2) is 5.65 Å². The molecule has 0 aliphatic carbocycles. The highest BCUT2D eigenvalue weighted by Gasteiger charge is 2.10. The Labute approximate surface area is 160 Å². The Kier molecular flexibility index (Phi) is 4.36. The topological polar surface area (TPSA) is 108 Å². The first kappa shape index (κ1) is 17.5. The second-order valence-corrected chi connectivity index (χ2v) is 6.24. The van der Waals surface area contributed by atoms with Gasteiger partial charge in [0.2, 0.25) is 5.95 Å². The SMILES string of the molecule is COc1ccc(Nc2ncc3ncc(=O)n(-c4ccc(N)cc4)c3n2)cc1C. The Morgan fingerprint density at radius 1 is 1.07 bits per heavy atom. The first-order valence-electron chi connectivity index (χ1n) is 8.57. The molecule has 0 unspecified atom stereocenters. The number of nitrogens with one attached hydrogen (secondary N) is 1. The van der Waals surface area contributed by atoms with Crippen LogP contribution in [-0.2, 0) is 0 Å². The number of anilines is 3. The molecular formula is C20H18N6O2. The molecule has 0 saturated heterocycles. The lowest BCUT2D eigenvalue weighted by molar-refractivity contribution is 0.412. The first-order valence-corrected chi connectivity index (χ1v) is 8.57. The van der Waals surface area contributed by atoms with Gasteiger partial charge in [0.05, 0.1) is 25.2 Å². The van der Waals surface area contributed by atoms with Crippen LogP contribution in [0.1, 0.15) is 5.56 Å². The molecule has 0 saturated carbocycles. The summed E-state index contributed by atoms with van der Waals surface area (Å²) in [6, 6.07) is 12.7. The van der Waals surface area contributed by atoms with Crippen molar-refractivity contribution in [2.75, 3.05) is 18.2 Å². The van der Waals surface area contributed by atoms with Crippen LogP contribution in [0.2, 0.25) is 0 Å². The van der Waals surface area contributed by atoms with Gasteiger partial charge in [-0.3, -0.25) is 9.36 Å². The summed E-state index contributed by atoms with van der Waals surface area (Å²) in [5.41, 5.74) is 9.43. The molecule has 8 heteroatoms. The van der Waals surface area contributed by atoms with E-state index in [1.165, 1.54) is 10.8 Å². The number of methoxy groups -OCH3 is 1. The first-order chi connectivity index (χ1) is 13.5. The number of nitrogens with two attached hydrogens (primary N) is 1. The molecule has 0 radical (unpaired) electrons. The van der Waals surface area contributed by atoms with Crippen molar-refractivity contribution in [3.8, 4) is 11.4 Å². The molecule has 4 aromatic rings. The van der Waals surface area contributed by atoms with Crippen LogP contribution in [0.5, 0.6) is 5.75 Å². The fourth-order valence-electron chi connectivity index (χ4n) is 2.93. The zero-order valence-electron chi connectivity index (χ0n) is 15.4. The van der Waals surface area contributed by atoms with E-state index in [9.17, 15) is 4.79 Å². The number of aromatic nitrogens is 4. The van der Waals surface area contributed by atoms with Crippen LogP contribution in [0.3, 0.4) is 0 Å². The van der Waals surface area contributed by atoms with Gasteiger partial charge in [0.25, 0.3) is 5.56 Å². The van der Waals surface area contributed by atoms with E-state index >= 15 is 0 Å². The monoisotopic (exact) mass is 374 g/mol. The average molecular weight is 374 g/mol. The lowest BCUT2D eigenvalue weighted by Gasteiger charge is -2.11. The van der Waals surface area contributed by atoms with Crippen molar-refractivity contribution in [2.24, 2.45) is 0 Å². The molecule has 0 atom stereocenters. The molecule has 0 amide bonds. The van der Waals surface area contributed by atoms with Gasteiger partial charge < -0.3 is 15.8 Å². The van der Waals surface area contributed by atoms with E-state index in [-0.39, 0.29) is 5.56 Å². The van der Waals surface area contributed by atoms with E-state index in [1.54, 1.807) is 37.6 Å². The Morgan fingerprint density at radius 2 is 1.86 bits per heavy atom. The van der Waals surface area contributed by atoms with Crippen LogP contribution in [0, 0.1) is 6.92 Å². The third-order valence-corrected chi connectivity index (χ3v) is 4.30. The third kappa shape index (κ3) is 3.23. The molecule has 0 aliphatic heterocycles. The Bertz CT molecular complexity index is 1220. The van der Waals surface area contributed by atoms with E-state index < -0.39 is 0 Å². The number of nitrogen functional groups attached to an aromatic ring is 1. The average Bonchev–Trinajstić information content (AvgIpc) is 2.69. The van der Waals surface area contributed by atoms with E-state index in [0.717, 1.165) is 17.0 Å². The van der Waals surface area contributed by atoms with Crippen molar-refractivity contribution in [1.82, 2.24) is 19.5 Å². The standard InChI is InChI=1S/C20H18N6O2/c1-12-9-14(5-8-17(12)28-2)24-20-23-10-16-19(25-20)26(18(27)11-22-16)15-6-3-13(21)4-7-15/h3-11H,21H2,1-2H3,(H,23,24,25). The third-order valence-electron chi connectivity index (χ3n) is 4.30. The molecule has 28 heavy (non-hydrogen) atoms. The minimum atomic E-state index is -0.290. The number of benzene rings is 2. The number of hydrogen-bond donors (Lipinski definition) is 2. The van der Waals surface area contributed by atoms with Crippen LogP contribution in [0.15, 0.2) is 59.7 Å². The smallest absolute Gasteiger partial charge is 0.275 e. The predicted molar refractivity (Wildman–Crippen MR) is 108 cm³/mol. The summed E-state index contributed by atoms with van der Waals surface area (Å²) < 4.78 is 6.76. The molecule has 0 spiro atoms. The predicted octanol–water partition coefficient (Wildman–Crippen LogP) is 2.82. The van der Waals surface area contributed by atoms with E-state index in [4.69, 9.17) is 10.5 Å². The van der Waals surface area contributed by atoms with Crippen molar-refractivity contribution in [2.45, 2.75) is 6.92 Å². The second kappa shape index (κ2) is 6.99. The maximum atomic E-state index is 12.5. The summed E-state index contributed by atoms with van der Waals surface area (Å²) in [7, 11) is 1.63. The quantitative estimate of drug-likeness (QED) is 0.529. The van der Waals surface area contributed by atoms with Crippen molar-refractivity contribution in [3.05, 3.63) is 70.8 Å². The minimum Gasteiger partial charge on any atom is -0.496 e. The Balaban J connectivity index is 1.80. The normalized spacial score (nSPS) is 10.8. The van der Waals surface area contributed by atoms with Gasteiger partial charge in [-0.2, -0.15) is 4.98 Å². The fourth-order valence-corrected chi connectivity index (χ4v) is 2.93. The molecule has 3 N–H and O–H groups in total. The number of nitrogens with zero attached hydrogens (tertiary/aromatic N) is 4. The summed E-state index contributed by atoms with van der Waals surface area (Å²) >= 11 is 0. The van der Waals surface area contributed by atoms with Crippen molar-refractivity contribution in [3.63, 3.8) is 0 Å². The summed E-state index contributed by atoms with van der Waals surface area (Å²) in [6.07, 6.45) is 2.83. The van der Waals surface area contributed by atoms with E-state index in [1.807, 2.05) is 25.1 Å². The van der Waals surface area contributed by atoms with Gasteiger partial charge in [-0.15, -0.1) is 0 Å².